The van der Waals surface area contributed by atoms with E-state index in [1.807, 2.05) is 30.3 Å². The fraction of sp³-hybridized carbons (Fsp3) is 0.120. The van der Waals surface area contributed by atoms with Crippen LogP contribution >= 0.6 is 11.3 Å². The summed E-state index contributed by atoms with van der Waals surface area (Å²) in [5, 5.41) is 5.20. The third kappa shape index (κ3) is 4.26. The molecule has 4 rings (SSSR count). The van der Waals surface area contributed by atoms with Crippen LogP contribution in [-0.4, -0.2) is 25.4 Å². The molecule has 0 bridgehead atoms. The second-order valence-corrected chi connectivity index (χ2v) is 8.15. The van der Waals surface area contributed by atoms with Crippen molar-refractivity contribution in [1.29, 1.82) is 0 Å². The molecule has 5 heteroatoms. The molecule has 0 amide bonds. The van der Waals surface area contributed by atoms with E-state index in [0.717, 1.165) is 27.6 Å². The predicted molar refractivity (Wildman–Crippen MR) is 123 cm³/mol. The number of rotatable bonds is 6. The molecule has 0 aliphatic heterocycles. The summed E-state index contributed by atoms with van der Waals surface area (Å²) in [6.07, 6.45) is 0. The molecule has 0 saturated carbocycles. The van der Waals surface area contributed by atoms with Gasteiger partial charge in [0, 0.05) is 15.4 Å². The zero-order valence-electron chi connectivity index (χ0n) is 16.8. The Balaban J connectivity index is 1.56. The number of benzene rings is 3. The van der Waals surface area contributed by atoms with Gasteiger partial charge in [-0.25, -0.2) is 4.79 Å². The number of ether oxygens (including phenoxy) is 1. The molecule has 0 saturated heterocycles. The number of thiophene rings is 1. The molecule has 0 fully saturated rings. The molecule has 1 aromatic heterocycles. The fourth-order valence-electron chi connectivity index (χ4n) is 3.27. The molecule has 1 heterocycles. The van der Waals surface area contributed by atoms with Crippen molar-refractivity contribution in [3.8, 4) is 20.9 Å². The van der Waals surface area contributed by atoms with Crippen LogP contribution in [0.4, 0.5) is 5.69 Å². The van der Waals surface area contributed by atoms with Crippen LogP contribution in [-0.2, 0) is 9.53 Å². The first kappa shape index (κ1) is 19.9. The number of anilines is 1. The molecule has 0 unspecified atom stereocenters. The van der Waals surface area contributed by atoms with Gasteiger partial charge in [0.2, 0.25) is 0 Å². The highest BCUT2D eigenvalue weighted by atomic mass is 32.1. The second kappa shape index (κ2) is 8.51. The third-order valence-corrected chi connectivity index (χ3v) is 6.05. The lowest BCUT2D eigenvalue weighted by molar-refractivity contribution is -0.115. The Hall–Kier alpha value is -3.44. The molecule has 1 N–H and O–H groups in total. The van der Waals surface area contributed by atoms with E-state index in [1.165, 1.54) is 16.9 Å². The Kier molecular flexibility index (Phi) is 5.63. The molecule has 0 aliphatic carbocycles. The molecule has 3 aromatic carbocycles. The lowest BCUT2D eigenvalue weighted by Gasteiger charge is -2.05. The SMILES string of the molecule is COC(=O)c1ccc2cc(-c3ccc(-c4ccc(NCC(C)=O)cc4)s3)ccc2c1. The second-order valence-electron chi connectivity index (χ2n) is 7.07. The quantitative estimate of drug-likeness (QED) is 0.391. The van der Waals surface area contributed by atoms with E-state index in [4.69, 9.17) is 4.74 Å². The molecule has 0 radical (unpaired) electrons. The molecule has 150 valence electrons. The molecular weight excluding hydrogens is 394 g/mol. The van der Waals surface area contributed by atoms with Gasteiger partial charge in [-0.2, -0.15) is 0 Å². The summed E-state index contributed by atoms with van der Waals surface area (Å²) in [5.74, 6) is -0.217. The molecule has 0 spiro atoms. The number of hydrogen-bond acceptors (Lipinski definition) is 5. The van der Waals surface area contributed by atoms with Crippen LogP contribution in [0, 0.1) is 0 Å². The van der Waals surface area contributed by atoms with Crippen LogP contribution < -0.4 is 5.32 Å². The highest BCUT2D eigenvalue weighted by Gasteiger charge is 2.09. The van der Waals surface area contributed by atoms with Gasteiger partial charge < -0.3 is 10.1 Å². The van der Waals surface area contributed by atoms with Gasteiger partial charge in [-0.3, -0.25) is 4.79 Å². The number of fused-ring (bicyclic) bond motifs is 1. The maximum atomic E-state index is 11.7. The van der Waals surface area contributed by atoms with Crippen molar-refractivity contribution in [2.24, 2.45) is 0 Å². The summed E-state index contributed by atoms with van der Waals surface area (Å²) < 4.78 is 4.80. The largest absolute Gasteiger partial charge is 0.465 e. The first-order valence-corrected chi connectivity index (χ1v) is 10.4. The van der Waals surface area contributed by atoms with Crippen LogP contribution in [0.25, 0.3) is 31.7 Å². The van der Waals surface area contributed by atoms with Crippen molar-refractivity contribution in [1.82, 2.24) is 0 Å². The van der Waals surface area contributed by atoms with Crippen molar-refractivity contribution in [3.63, 3.8) is 0 Å². The lowest BCUT2D eigenvalue weighted by atomic mass is 10.0. The summed E-state index contributed by atoms with van der Waals surface area (Å²) in [6.45, 7) is 1.91. The monoisotopic (exact) mass is 415 g/mol. The molecule has 4 nitrogen and oxygen atoms in total. The first-order chi connectivity index (χ1) is 14.5. The summed E-state index contributed by atoms with van der Waals surface area (Å²) in [4.78, 5) is 25.2. The van der Waals surface area contributed by atoms with Gasteiger partial charge in [-0.15, -0.1) is 11.3 Å². The number of carbonyl (C=O) groups excluding carboxylic acids is 2. The summed E-state index contributed by atoms with van der Waals surface area (Å²) >= 11 is 1.73. The summed E-state index contributed by atoms with van der Waals surface area (Å²) in [5.41, 5.74) is 3.77. The van der Waals surface area contributed by atoms with Gasteiger partial charge in [0.05, 0.1) is 19.2 Å². The Morgan fingerprint density at radius 2 is 1.47 bits per heavy atom. The minimum atomic E-state index is -0.327. The topological polar surface area (TPSA) is 55.4 Å². The van der Waals surface area contributed by atoms with E-state index in [9.17, 15) is 9.59 Å². The van der Waals surface area contributed by atoms with E-state index in [-0.39, 0.29) is 11.8 Å². The molecule has 0 aliphatic rings. The lowest BCUT2D eigenvalue weighted by Crippen LogP contribution is -2.09. The fourth-order valence-corrected chi connectivity index (χ4v) is 4.28. The van der Waals surface area contributed by atoms with Crippen LogP contribution in [0.15, 0.2) is 72.8 Å². The molecule has 0 atom stereocenters. The van der Waals surface area contributed by atoms with Gasteiger partial charge in [0.15, 0.2) is 0 Å². The number of methoxy groups -OCH3 is 1. The van der Waals surface area contributed by atoms with Crippen LogP contribution in [0.2, 0.25) is 0 Å². The highest BCUT2D eigenvalue weighted by molar-refractivity contribution is 7.18. The molecule has 4 aromatic rings. The van der Waals surface area contributed by atoms with E-state index >= 15 is 0 Å². The smallest absolute Gasteiger partial charge is 0.337 e. The minimum Gasteiger partial charge on any atom is -0.465 e. The average molecular weight is 416 g/mol. The van der Waals surface area contributed by atoms with Crippen molar-refractivity contribution in [2.45, 2.75) is 6.92 Å². The normalized spacial score (nSPS) is 10.7. The summed E-state index contributed by atoms with van der Waals surface area (Å²) in [7, 11) is 1.39. The van der Waals surface area contributed by atoms with Crippen LogP contribution in [0.1, 0.15) is 17.3 Å². The van der Waals surface area contributed by atoms with Crippen LogP contribution in [0.3, 0.4) is 0 Å². The number of hydrogen-bond donors (Lipinski definition) is 1. The van der Waals surface area contributed by atoms with E-state index in [0.29, 0.717) is 12.1 Å². The Labute approximate surface area is 179 Å². The number of esters is 1. The van der Waals surface area contributed by atoms with Gasteiger partial charge in [-0.1, -0.05) is 30.3 Å². The zero-order valence-corrected chi connectivity index (χ0v) is 17.6. The average Bonchev–Trinajstić information content (AvgIpc) is 3.27. The Bertz CT molecular complexity index is 1220. The van der Waals surface area contributed by atoms with E-state index in [1.54, 1.807) is 24.3 Å². The van der Waals surface area contributed by atoms with Gasteiger partial charge in [0.25, 0.3) is 0 Å². The highest BCUT2D eigenvalue weighted by Crippen LogP contribution is 2.36. The van der Waals surface area contributed by atoms with Crippen molar-refractivity contribution in [3.05, 3.63) is 78.4 Å². The number of carbonyl (C=O) groups is 2. The molecular formula is C25H21NO3S. The third-order valence-electron chi connectivity index (χ3n) is 4.86. The number of nitrogens with one attached hydrogen (secondary N) is 1. The van der Waals surface area contributed by atoms with Crippen LogP contribution in [0.5, 0.6) is 0 Å². The maximum absolute atomic E-state index is 11.7. The predicted octanol–water partition coefficient (Wildman–Crippen LogP) is 6.02. The molecule has 30 heavy (non-hydrogen) atoms. The maximum Gasteiger partial charge on any atom is 0.337 e. The standard InChI is InChI=1S/C25H21NO3S/c1-16(27)15-26-22-9-7-17(8-10-22)23-11-12-24(30-23)20-5-3-19-14-21(25(28)29-2)6-4-18(19)13-20/h3-14,26H,15H2,1-2H3. The number of Topliss-reactive ketones (excluding diaryl/α,β-unsaturated/α-hetero) is 1. The van der Waals surface area contributed by atoms with E-state index in [2.05, 4.69) is 41.7 Å². The first-order valence-electron chi connectivity index (χ1n) is 9.59. The Morgan fingerprint density at radius 1 is 0.833 bits per heavy atom. The zero-order chi connectivity index (χ0) is 21.1. The Morgan fingerprint density at radius 3 is 2.17 bits per heavy atom. The van der Waals surface area contributed by atoms with Crippen molar-refractivity contribution >= 4 is 39.5 Å². The number of ketones is 1. The van der Waals surface area contributed by atoms with Crippen molar-refractivity contribution in [2.75, 3.05) is 19.0 Å². The van der Waals surface area contributed by atoms with Gasteiger partial charge >= 0.3 is 5.97 Å². The van der Waals surface area contributed by atoms with E-state index < -0.39 is 0 Å². The minimum absolute atomic E-state index is 0.110. The van der Waals surface area contributed by atoms with Crippen molar-refractivity contribution < 1.29 is 14.3 Å². The summed E-state index contributed by atoms with van der Waals surface area (Å²) in [6, 6.07) is 24.2. The van der Waals surface area contributed by atoms with Gasteiger partial charge in [0.1, 0.15) is 5.78 Å². The van der Waals surface area contributed by atoms with Gasteiger partial charge in [-0.05, 0) is 71.3 Å².